The van der Waals surface area contributed by atoms with Gasteiger partial charge in [-0.2, -0.15) is 0 Å². The number of nitrogens with one attached hydrogen (secondary N) is 1. The SMILES string of the molecule is Cc1ccc(O)c(CNCC(C)(O)c2ccco2)c1. The van der Waals surface area contributed by atoms with Crippen LogP contribution in [0.3, 0.4) is 0 Å². The Morgan fingerprint density at radius 2 is 2.11 bits per heavy atom. The van der Waals surface area contributed by atoms with Gasteiger partial charge in [0.1, 0.15) is 17.1 Å². The Balaban J connectivity index is 1.95. The number of hydrogen-bond acceptors (Lipinski definition) is 4. The Morgan fingerprint density at radius 1 is 1.32 bits per heavy atom. The Kier molecular flexibility index (Phi) is 3.93. The molecule has 4 heteroatoms. The van der Waals surface area contributed by atoms with Crippen molar-refractivity contribution in [3.05, 3.63) is 53.5 Å². The quantitative estimate of drug-likeness (QED) is 0.772. The first kappa shape index (κ1) is 13.6. The molecule has 0 amide bonds. The zero-order valence-corrected chi connectivity index (χ0v) is 11.2. The smallest absolute Gasteiger partial charge is 0.136 e. The number of benzene rings is 1. The molecular weight excluding hydrogens is 242 g/mol. The molecule has 0 aliphatic carbocycles. The van der Waals surface area contributed by atoms with Crippen LogP contribution in [-0.2, 0) is 12.1 Å². The largest absolute Gasteiger partial charge is 0.508 e. The molecule has 0 aliphatic heterocycles. The van der Waals surface area contributed by atoms with Gasteiger partial charge in [0.25, 0.3) is 0 Å². The summed E-state index contributed by atoms with van der Waals surface area (Å²) in [6, 6.07) is 8.95. The van der Waals surface area contributed by atoms with E-state index in [9.17, 15) is 10.2 Å². The van der Waals surface area contributed by atoms with E-state index >= 15 is 0 Å². The van der Waals surface area contributed by atoms with E-state index in [1.807, 2.05) is 19.1 Å². The van der Waals surface area contributed by atoms with Crippen LogP contribution in [0.25, 0.3) is 0 Å². The van der Waals surface area contributed by atoms with Crippen LogP contribution in [0.4, 0.5) is 0 Å². The molecule has 2 rings (SSSR count). The van der Waals surface area contributed by atoms with Crippen LogP contribution < -0.4 is 5.32 Å². The Morgan fingerprint density at radius 3 is 2.79 bits per heavy atom. The van der Waals surface area contributed by atoms with Crippen LogP contribution in [0.15, 0.2) is 41.0 Å². The molecule has 0 radical (unpaired) electrons. The lowest BCUT2D eigenvalue weighted by Gasteiger charge is -2.21. The third-order valence-electron chi connectivity index (χ3n) is 3.07. The number of phenols is 1. The van der Waals surface area contributed by atoms with Gasteiger partial charge in [0, 0.05) is 18.7 Å². The molecule has 0 bridgehead atoms. The monoisotopic (exact) mass is 261 g/mol. The molecule has 0 spiro atoms. The highest BCUT2D eigenvalue weighted by molar-refractivity contribution is 5.35. The highest BCUT2D eigenvalue weighted by atomic mass is 16.4. The van der Waals surface area contributed by atoms with Crippen LogP contribution in [-0.4, -0.2) is 16.8 Å². The second kappa shape index (κ2) is 5.47. The maximum Gasteiger partial charge on any atom is 0.136 e. The predicted octanol–water partition coefficient (Wildman–Crippen LogP) is 2.29. The maximum atomic E-state index is 10.3. The minimum absolute atomic E-state index is 0.260. The Bertz CT molecular complexity index is 532. The molecule has 1 atom stereocenters. The second-order valence-electron chi connectivity index (χ2n) is 4.99. The molecule has 0 aliphatic rings. The van der Waals surface area contributed by atoms with E-state index in [0.29, 0.717) is 18.8 Å². The van der Waals surface area contributed by atoms with Gasteiger partial charge in [-0.05, 0) is 32.0 Å². The van der Waals surface area contributed by atoms with Gasteiger partial charge >= 0.3 is 0 Å². The number of aliphatic hydroxyl groups is 1. The molecular formula is C15H19NO3. The Labute approximate surface area is 112 Å². The topological polar surface area (TPSA) is 65.6 Å². The lowest BCUT2D eigenvalue weighted by Crippen LogP contribution is -2.34. The molecule has 0 saturated heterocycles. The first-order valence-electron chi connectivity index (χ1n) is 6.24. The summed E-state index contributed by atoms with van der Waals surface area (Å²) in [6.07, 6.45) is 1.54. The van der Waals surface area contributed by atoms with Crippen molar-refractivity contribution < 1.29 is 14.6 Å². The fraction of sp³-hybridized carbons (Fsp3) is 0.333. The van der Waals surface area contributed by atoms with Gasteiger partial charge in [-0.15, -0.1) is 0 Å². The van der Waals surface area contributed by atoms with Crippen molar-refractivity contribution in [2.24, 2.45) is 0 Å². The summed E-state index contributed by atoms with van der Waals surface area (Å²) in [6.45, 7) is 4.50. The molecule has 0 fully saturated rings. The normalized spacial score (nSPS) is 14.3. The van der Waals surface area contributed by atoms with Crippen molar-refractivity contribution in [2.45, 2.75) is 26.0 Å². The molecule has 1 heterocycles. The average molecular weight is 261 g/mol. The highest BCUT2D eigenvalue weighted by Gasteiger charge is 2.25. The average Bonchev–Trinajstić information content (AvgIpc) is 2.88. The van der Waals surface area contributed by atoms with Crippen molar-refractivity contribution in [3.63, 3.8) is 0 Å². The Hall–Kier alpha value is -1.78. The summed E-state index contributed by atoms with van der Waals surface area (Å²) in [5, 5.41) is 23.1. The van der Waals surface area contributed by atoms with Crippen molar-refractivity contribution in [1.29, 1.82) is 0 Å². The number of aromatic hydroxyl groups is 1. The molecule has 4 nitrogen and oxygen atoms in total. The molecule has 3 N–H and O–H groups in total. The lowest BCUT2D eigenvalue weighted by atomic mass is 10.0. The van der Waals surface area contributed by atoms with Gasteiger partial charge in [-0.25, -0.2) is 0 Å². The number of aryl methyl sites for hydroxylation is 1. The van der Waals surface area contributed by atoms with Crippen molar-refractivity contribution in [3.8, 4) is 5.75 Å². The van der Waals surface area contributed by atoms with E-state index in [-0.39, 0.29) is 5.75 Å². The van der Waals surface area contributed by atoms with Gasteiger partial charge in [-0.3, -0.25) is 0 Å². The van der Waals surface area contributed by atoms with E-state index in [1.54, 1.807) is 25.1 Å². The standard InChI is InChI=1S/C15H19NO3/c1-11-5-6-13(17)12(8-11)9-16-10-15(2,18)14-4-3-7-19-14/h3-8,16-18H,9-10H2,1-2H3. The predicted molar refractivity (Wildman–Crippen MR) is 72.8 cm³/mol. The van der Waals surface area contributed by atoms with Crippen LogP contribution in [0, 0.1) is 6.92 Å². The summed E-state index contributed by atoms with van der Waals surface area (Å²) in [5.74, 6) is 0.782. The van der Waals surface area contributed by atoms with E-state index in [1.165, 1.54) is 6.26 Å². The van der Waals surface area contributed by atoms with Crippen molar-refractivity contribution >= 4 is 0 Å². The fourth-order valence-electron chi connectivity index (χ4n) is 1.97. The number of furan rings is 1. The zero-order valence-electron chi connectivity index (χ0n) is 11.2. The van der Waals surface area contributed by atoms with E-state index in [0.717, 1.165) is 11.1 Å². The fourth-order valence-corrected chi connectivity index (χ4v) is 1.97. The van der Waals surface area contributed by atoms with Crippen LogP contribution in [0.2, 0.25) is 0 Å². The summed E-state index contributed by atoms with van der Waals surface area (Å²) in [5.41, 5.74) is 0.839. The number of rotatable bonds is 5. The molecule has 102 valence electrons. The zero-order chi connectivity index (χ0) is 13.9. The van der Waals surface area contributed by atoms with E-state index < -0.39 is 5.60 Å². The second-order valence-corrected chi connectivity index (χ2v) is 4.99. The number of hydrogen-bond donors (Lipinski definition) is 3. The summed E-state index contributed by atoms with van der Waals surface area (Å²) in [7, 11) is 0. The molecule has 2 aromatic rings. The van der Waals surface area contributed by atoms with E-state index in [4.69, 9.17) is 4.42 Å². The van der Waals surface area contributed by atoms with Crippen LogP contribution >= 0.6 is 0 Å². The first-order chi connectivity index (χ1) is 8.99. The third kappa shape index (κ3) is 3.36. The van der Waals surface area contributed by atoms with Crippen molar-refractivity contribution in [2.75, 3.05) is 6.54 Å². The minimum Gasteiger partial charge on any atom is -0.508 e. The molecule has 1 aromatic heterocycles. The highest BCUT2D eigenvalue weighted by Crippen LogP contribution is 2.21. The van der Waals surface area contributed by atoms with E-state index in [2.05, 4.69) is 5.32 Å². The van der Waals surface area contributed by atoms with Gasteiger partial charge in [0.15, 0.2) is 0 Å². The minimum atomic E-state index is -1.07. The molecule has 19 heavy (non-hydrogen) atoms. The number of phenolic OH excluding ortho intramolecular Hbond substituents is 1. The van der Waals surface area contributed by atoms with Gasteiger partial charge in [0.05, 0.1) is 6.26 Å². The van der Waals surface area contributed by atoms with Gasteiger partial charge in [-0.1, -0.05) is 17.7 Å². The van der Waals surface area contributed by atoms with Gasteiger partial charge in [0.2, 0.25) is 0 Å². The van der Waals surface area contributed by atoms with Crippen LogP contribution in [0.1, 0.15) is 23.8 Å². The van der Waals surface area contributed by atoms with Gasteiger partial charge < -0.3 is 19.9 Å². The lowest BCUT2D eigenvalue weighted by molar-refractivity contribution is 0.0340. The molecule has 1 unspecified atom stereocenters. The first-order valence-corrected chi connectivity index (χ1v) is 6.24. The maximum absolute atomic E-state index is 10.3. The van der Waals surface area contributed by atoms with Crippen LogP contribution in [0.5, 0.6) is 5.75 Å². The molecule has 0 saturated carbocycles. The van der Waals surface area contributed by atoms with Crippen molar-refractivity contribution in [1.82, 2.24) is 5.32 Å². The summed E-state index contributed by atoms with van der Waals surface area (Å²) in [4.78, 5) is 0. The third-order valence-corrected chi connectivity index (χ3v) is 3.07. The summed E-state index contributed by atoms with van der Waals surface area (Å²) < 4.78 is 5.20. The molecule has 1 aromatic carbocycles. The summed E-state index contributed by atoms with van der Waals surface area (Å²) >= 11 is 0.